The number of carbonyl (C=O) groups excluding carboxylic acids is 2. The Kier molecular flexibility index (Phi) is 8.55. The van der Waals surface area contributed by atoms with Crippen LogP contribution >= 0.6 is 11.6 Å². The van der Waals surface area contributed by atoms with Crippen LogP contribution in [0.15, 0.2) is 71.6 Å². The van der Waals surface area contributed by atoms with Gasteiger partial charge in [0, 0.05) is 36.9 Å². The third-order valence-corrected chi connectivity index (χ3v) is 7.99. The highest BCUT2D eigenvalue weighted by molar-refractivity contribution is 7.89. The Labute approximate surface area is 227 Å². The van der Waals surface area contributed by atoms with Crippen molar-refractivity contribution in [1.29, 1.82) is 0 Å². The molecule has 1 aliphatic rings. The van der Waals surface area contributed by atoms with Crippen molar-refractivity contribution in [3.05, 3.63) is 77.3 Å². The van der Waals surface area contributed by atoms with E-state index in [0.29, 0.717) is 47.3 Å². The smallest absolute Gasteiger partial charge is 0.265 e. The predicted octanol–water partition coefficient (Wildman–Crippen LogP) is 4.43. The first-order valence-electron chi connectivity index (χ1n) is 11.9. The van der Waals surface area contributed by atoms with Crippen LogP contribution in [0.4, 0.5) is 11.4 Å². The standard InChI is InChI=1S/C27H28ClN3O6S/c1-30(2)38(34,35)23-12-5-19(6-13-23)27(33)29-21-9-14-25-24(17-21)31(26(32)18-37-25)15-3-4-16-36-22-10-7-20(28)8-11-22/h5-14,17H,3-4,15-16,18H2,1-2H3,(H,29,33). The fourth-order valence-electron chi connectivity index (χ4n) is 3.81. The van der Waals surface area contributed by atoms with Gasteiger partial charge in [-0.25, -0.2) is 12.7 Å². The van der Waals surface area contributed by atoms with Crippen molar-refractivity contribution in [2.24, 2.45) is 0 Å². The van der Waals surface area contributed by atoms with Gasteiger partial charge in [0.1, 0.15) is 11.5 Å². The maximum Gasteiger partial charge on any atom is 0.265 e. The molecule has 4 rings (SSSR count). The van der Waals surface area contributed by atoms with Crippen molar-refractivity contribution in [1.82, 2.24) is 4.31 Å². The molecule has 0 saturated heterocycles. The minimum Gasteiger partial charge on any atom is -0.494 e. The summed E-state index contributed by atoms with van der Waals surface area (Å²) in [6, 6.07) is 17.9. The van der Waals surface area contributed by atoms with Gasteiger partial charge in [0.05, 0.1) is 17.2 Å². The topological polar surface area (TPSA) is 105 Å². The fraction of sp³-hybridized carbons (Fsp3) is 0.259. The molecule has 11 heteroatoms. The predicted molar refractivity (Wildman–Crippen MR) is 146 cm³/mol. The number of amides is 2. The average molecular weight is 558 g/mol. The SMILES string of the molecule is CN(C)S(=O)(=O)c1ccc(C(=O)Nc2ccc3c(c2)N(CCCCOc2ccc(Cl)cc2)C(=O)CO3)cc1. The minimum absolute atomic E-state index is 0.0534. The Morgan fingerprint density at radius 3 is 2.45 bits per heavy atom. The molecule has 200 valence electrons. The molecular formula is C27H28ClN3O6S. The van der Waals surface area contributed by atoms with Crippen LogP contribution in [0.2, 0.25) is 5.02 Å². The second-order valence-electron chi connectivity index (χ2n) is 8.79. The van der Waals surface area contributed by atoms with E-state index < -0.39 is 15.9 Å². The van der Waals surface area contributed by atoms with Crippen molar-refractivity contribution in [2.45, 2.75) is 17.7 Å². The minimum atomic E-state index is -3.59. The quantitative estimate of drug-likeness (QED) is 0.370. The summed E-state index contributed by atoms with van der Waals surface area (Å²) in [7, 11) is -0.703. The van der Waals surface area contributed by atoms with E-state index in [0.717, 1.165) is 16.5 Å². The first-order valence-corrected chi connectivity index (χ1v) is 13.8. The van der Waals surface area contributed by atoms with Gasteiger partial charge in [-0.2, -0.15) is 0 Å². The number of hydrogen-bond acceptors (Lipinski definition) is 6. The second kappa shape index (κ2) is 11.8. The van der Waals surface area contributed by atoms with E-state index in [-0.39, 0.29) is 17.4 Å². The lowest BCUT2D eigenvalue weighted by atomic mass is 10.1. The number of rotatable bonds is 10. The molecule has 0 saturated carbocycles. The molecule has 0 unspecified atom stereocenters. The molecule has 1 N–H and O–H groups in total. The molecule has 0 aliphatic carbocycles. The number of halogens is 1. The molecule has 0 bridgehead atoms. The molecule has 2 amide bonds. The average Bonchev–Trinajstić information content (AvgIpc) is 2.90. The fourth-order valence-corrected chi connectivity index (χ4v) is 4.84. The van der Waals surface area contributed by atoms with Crippen LogP contribution in [0.1, 0.15) is 23.2 Å². The maximum absolute atomic E-state index is 12.8. The summed E-state index contributed by atoms with van der Waals surface area (Å²) in [5.41, 5.74) is 1.35. The number of fused-ring (bicyclic) bond motifs is 1. The third-order valence-electron chi connectivity index (χ3n) is 5.91. The van der Waals surface area contributed by atoms with Crippen molar-refractivity contribution >= 4 is 44.8 Å². The Bertz CT molecular complexity index is 1410. The van der Waals surface area contributed by atoms with E-state index in [1.54, 1.807) is 47.4 Å². The number of carbonyl (C=O) groups is 2. The van der Waals surface area contributed by atoms with Crippen molar-refractivity contribution in [2.75, 3.05) is 44.1 Å². The van der Waals surface area contributed by atoms with Crippen LogP contribution in [0, 0.1) is 0 Å². The summed E-state index contributed by atoms with van der Waals surface area (Å²) in [6.07, 6.45) is 1.44. The molecular weight excluding hydrogens is 530 g/mol. The molecule has 0 aromatic heterocycles. The summed E-state index contributed by atoms with van der Waals surface area (Å²) < 4.78 is 36.9. The Morgan fingerprint density at radius 2 is 1.76 bits per heavy atom. The van der Waals surface area contributed by atoms with Gasteiger partial charge < -0.3 is 19.7 Å². The van der Waals surface area contributed by atoms with E-state index in [2.05, 4.69) is 5.32 Å². The number of nitrogens with one attached hydrogen (secondary N) is 1. The van der Waals surface area contributed by atoms with Crippen LogP contribution in [0.5, 0.6) is 11.5 Å². The van der Waals surface area contributed by atoms with Crippen LogP contribution in [0.3, 0.4) is 0 Å². The number of benzene rings is 3. The number of nitrogens with zero attached hydrogens (tertiary/aromatic N) is 2. The van der Waals surface area contributed by atoms with E-state index in [9.17, 15) is 18.0 Å². The zero-order valence-electron chi connectivity index (χ0n) is 21.0. The van der Waals surface area contributed by atoms with Crippen LogP contribution < -0.4 is 19.7 Å². The number of sulfonamides is 1. The Balaban J connectivity index is 1.38. The van der Waals surface area contributed by atoms with Crippen molar-refractivity contribution in [3.63, 3.8) is 0 Å². The Hall–Kier alpha value is -3.60. The van der Waals surface area contributed by atoms with Gasteiger partial charge in [-0.1, -0.05) is 11.6 Å². The van der Waals surface area contributed by atoms with Crippen LogP contribution in [-0.2, 0) is 14.8 Å². The zero-order valence-corrected chi connectivity index (χ0v) is 22.6. The highest BCUT2D eigenvalue weighted by Gasteiger charge is 2.26. The Morgan fingerprint density at radius 1 is 1.05 bits per heavy atom. The molecule has 38 heavy (non-hydrogen) atoms. The summed E-state index contributed by atoms with van der Waals surface area (Å²) >= 11 is 5.89. The van der Waals surface area contributed by atoms with Gasteiger partial charge in [0.15, 0.2) is 6.61 Å². The third kappa shape index (κ3) is 6.45. The lowest BCUT2D eigenvalue weighted by Crippen LogP contribution is -2.39. The lowest BCUT2D eigenvalue weighted by Gasteiger charge is -2.30. The van der Waals surface area contributed by atoms with Gasteiger partial charge in [0.2, 0.25) is 10.0 Å². The van der Waals surface area contributed by atoms with Gasteiger partial charge in [-0.05, 0) is 79.6 Å². The van der Waals surface area contributed by atoms with Gasteiger partial charge in [0.25, 0.3) is 11.8 Å². The van der Waals surface area contributed by atoms with E-state index in [4.69, 9.17) is 21.1 Å². The van der Waals surface area contributed by atoms with E-state index >= 15 is 0 Å². The van der Waals surface area contributed by atoms with Crippen molar-refractivity contribution < 1.29 is 27.5 Å². The van der Waals surface area contributed by atoms with Gasteiger partial charge in [-0.15, -0.1) is 0 Å². The molecule has 9 nitrogen and oxygen atoms in total. The molecule has 0 radical (unpaired) electrons. The van der Waals surface area contributed by atoms with E-state index in [1.807, 2.05) is 0 Å². The second-order valence-corrected chi connectivity index (χ2v) is 11.4. The number of hydrogen-bond donors (Lipinski definition) is 1. The molecule has 0 spiro atoms. The van der Waals surface area contributed by atoms with Gasteiger partial charge in [-0.3, -0.25) is 9.59 Å². The first kappa shape index (κ1) is 27.4. The number of anilines is 2. The molecule has 1 heterocycles. The summed E-state index contributed by atoms with van der Waals surface area (Å²) in [5.74, 6) is 0.708. The molecule has 1 aliphatic heterocycles. The first-order chi connectivity index (χ1) is 18.1. The van der Waals surface area contributed by atoms with Crippen LogP contribution in [-0.4, -0.2) is 58.4 Å². The molecule has 0 atom stereocenters. The number of unbranched alkanes of at least 4 members (excludes halogenated alkanes) is 1. The summed E-state index contributed by atoms with van der Waals surface area (Å²) in [6.45, 7) is 0.915. The normalized spacial score (nSPS) is 13.2. The van der Waals surface area contributed by atoms with Crippen LogP contribution in [0.25, 0.3) is 0 Å². The van der Waals surface area contributed by atoms with Gasteiger partial charge >= 0.3 is 0 Å². The van der Waals surface area contributed by atoms with E-state index in [1.165, 1.54) is 38.4 Å². The molecule has 0 fully saturated rings. The number of ether oxygens (including phenoxy) is 2. The molecule has 3 aromatic rings. The zero-order chi connectivity index (χ0) is 27.3. The highest BCUT2D eigenvalue weighted by atomic mass is 35.5. The lowest BCUT2D eigenvalue weighted by molar-refractivity contribution is -0.121. The summed E-state index contributed by atoms with van der Waals surface area (Å²) in [5, 5.41) is 3.45. The highest BCUT2D eigenvalue weighted by Crippen LogP contribution is 2.35. The largest absolute Gasteiger partial charge is 0.494 e. The maximum atomic E-state index is 12.8. The van der Waals surface area contributed by atoms with Crippen molar-refractivity contribution in [3.8, 4) is 11.5 Å². The molecule has 3 aromatic carbocycles. The summed E-state index contributed by atoms with van der Waals surface area (Å²) in [4.78, 5) is 27.2. The monoisotopic (exact) mass is 557 g/mol.